The maximum absolute atomic E-state index is 13.0. The van der Waals surface area contributed by atoms with Gasteiger partial charge >= 0.3 is 5.97 Å². The Balaban J connectivity index is 1.90. The lowest BCUT2D eigenvalue weighted by atomic mass is 10.0. The third kappa shape index (κ3) is 4.60. The van der Waals surface area contributed by atoms with E-state index < -0.39 is 17.9 Å². The van der Waals surface area contributed by atoms with Gasteiger partial charge in [-0.1, -0.05) is 54.3 Å². The largest absolute Gasteiger partial charge is 0.497 e. The number of carboxylic acid groups (broad SMARTS) is 1. The van der Waals surface area contributed by atoms with Gasteiger partial charge in [-0.25, -0.2) is 4.79 Å². The number of amides is 1. The van der Waals surface area contributed by atoms with Crippen LogP contribution < -0.4 is 9.47 Å². The van der Waals surface area contributed by atoms with Gasteiger partial charge in [-0.2, -0.15) is 0 Å². The molecule has 1 amide bonds. The third-order valence-electron chi connectivity index (χ3n) is 4.42. The van der Waals surface area contributed by atoms with Crippen LogP contribution in [0.2, 0.25) is 0 Å². The topological polar surface area (TPSA) is 76.1 Å². The summed E-state index contributed by atoms with van der Waals surface area (Å²) in [5.74, 6) is -0.372. The Morgan fingerprint density at radius 3 is 2.55 bits per heavy atom. The second kappa shape index (κ2) is 9.11. The molecule has 1 N–H and O–H groups in total. The molecule has 3 rings (SSSR count). The van der Waals surface area contributed by atoms with E-state index in [4.69, 9.17) is 21.7 Å². The van der Waals surface area contributed by atoms with Crippen molar-refractivity contribution in [2.75, 3.05) is 14.2 Å². The Labute approximate surface area is 178 Å². The minimum absolute atomic E-state index is 0.168. The monoisotopic (exact) mass is 429 g/mol. The first-order valence-electron chi connectivity index (χ1n) is 8.70. The van der Waals surface area contributed by atoms with Crippen molar-refractivity contribution in [2.45, 2.75) is 12.5 Å². The second-order valence-electron chi connectivity index (χ2n) is 6.20. The smallest absolute Gasteiger partial charge is 0.327 e. The van der Waals surface area contributed by atoms with Gasteiger partial charge in [0.05, 0.1) is 19.1 Å². The molecule has 1 aliphatic rings. The molecule has 1 aliphatic heterocycles. The number of carboxylic acids is 1. The Bertz CT molecular complexity index is 974. The van der Waals surface area contributed by atoms with Gasteiger partial charge in [0.2, 0.25) is 0 Å². The van der Waals surface area contributed by atoms with Crippen molar-refractivity contribution in [1.29, 1.82) is 0 Å². The number of carbonyl (C=O) groups excluding carboxylic acids is 1. The van der Waals surface area contributed by atoms with Crippen LogP contribution in [0, 0.1) is 0 Å². The van der Waals surface area contributed by atoms with E-state index in [1.54, 1.807) is 31.4 Å². The third-order valence-corrected chi connectivity index (χ3v) is 5.75. The van der Waals surface area contributed by atoms with E-state index in [-0.39, 0.29) is 10.7 Å². The number of hydrogen-bond donors (Lipinski definition) is 1. The van der Waals surface area contributed by atoms with Gasteiger partial charge in [-0.15, -0.1) is 0 Å². The van der Waals surface area contributed by atoms with Gasteiger partial charge in [-0.05, 0) is 23.8 Å². The second-order valence-corrected chi connectivity index (χ2v) is 7.88. The minimum atomic E-state index is -1.10. The summed E-state index contributed by atoms with van der Waals surface area (Å²) in [6.45, 7) is 0. The highest BCUT2D eigenvalue weighted by Crippen LogP contribution is 2.36. The molecule has 150 valence electrons. The highest BCUT2D eigenvalue weighted by molar-refractivity contribution is 8.26. The fourth-order valence-corrected chi connectivity index (χ4v) is 4.30. The summed E-state index contributed by atoms with van der Waals surface area (Å²) in [5, 5.41) is 9.73. The first kappa shape index (κ1) is 20.9. The van der Waals surface area contributed by atoms with Gasteiger partial charge < -0.3 is 14.6 Å². The summed E-state index contributed by atoms with van der Waals surface area (Å²) >= 11 is 6.42. The summed E-state index contributed by atoms with van der Waals surface area (Å²) in [4.78, 5) is 26.4. The molecule has 0 spiro atoms. The molecule has 0 aliphatic carbocycles. The lowest BCUT2D eigenvalue weighted by molar-refractivity contribution is -0.145. The van der Waals surface area contributed by atoms with E-state index >= 15 is 0 Å². The van der Waals surface area contributed by atoms with Crippen LogP contribution in [0.1, 0.15) is 11.1 Å². The number of hydrogen-bond acceptors (Lipinski definition) is 6. The van der Waals surface area contributed by atoms with E-state index in [1.807, 2.05) is 30.3 Å². The van der Waals surface area contributed by atoms with Crippen LogP contribution in [-0.4, -0.2) is 46.5 Å². The van der Waals surface area contributed by atoms with Crippen LogP contribution in [0.15, 0.2) is 53.4 Å². The Kier molecular flexibility index (Phi) is 6.56. The number of rotatable bonds is 7. The normalized spacial score (nSPS) is 16.2. The van der Waals surface area contributed by atoms with Crippen LogP contribution in [0.25, 0.3) is 6.08 Å². The molecule has 0 radical (unpaired) electrons. The predicted octanol–water partition coefficient (Wildman–Crippen LogP) is 3.60. The summed E-state index contributed by atoms with van der Waals surface area (Å²) in [5.41, 5.74) is 1.48. The molecule has 0 saturated carbocycles. The minimum Gasteiger partial charge on any atom is -0.497 e. The quantitative estimate of drug-likeness (QED) is 0.532. The first-order valence-corrected chi connectivity index (χ1v) is 9.93. The van der Waals surface area contributed by atoms with E-state index in [0.717, 1.165) is 17.3 Å². The lowest BCUT2D eigenvalue weighted by Crippen LogP contribution is -2.45. The average Bonchev–Trinajstić information content (AvgIpc) is 3.00. The number of carbonyl (C=O) groups is 2. The first-order chi connectivity index (χ1) is 13.9. The molecule has 6 nitrogen and oxygen atoms in total. The molecule has 0 aromatic heterocycles. The average molecular weight is 430 g/mol. The van der Waals surface area contributed by atoms with Gasteiger partial charge in [0.1, 0.15) is 21.9 Å². The number of benzene rings is 2. The Morgan fingerprint density at radius 1 is 1.21 bits per heavy atom. The summed E-state index contributed by atoms with van der Waals surface area (Å²) in [7, 11) is 3.08. The van der Waals surface area contributed by atoms with Crippen molar-refractivity contribution in [2.24, 2.45) is 0 Å². The number of aliphatic carboxylic acids is 1. The number of thiocarbonyl (C=S) groups is 1. The van der Waals surface area contributed by atoms with Crippen LogP contribution in [0.3, 0.4) is 0 Å². The molecular formula is C21H19NO5S2. The number of ether oxygens (including phenoxy) is 2. The van der Waals surface area contributed by atoms with Crippen molar-refractivity contribution in [3.8, 4) is 11.5 Å². The highest BCUT2D eigenvalue weighted by Gasteiger charge is 2.40. The van der Waals surface area contributed by atoms with Gasteiger partial charge in [0.25, 0.3) is 5.91 Å². The zero-order valence-electron chi connectivity index (χ0n) is 15.8. The van der Waals surface area contributed by atoms with Gasteiger partial charge in [0, 0.05) is 18.1 Å². The van der Waals surface area contributed by atoms with E-state index in [1.165, 1.54) is 12.0 Å². The summed E-state index contributed by atoms with van der Waals surface area (Å²) < 4.78 is 10.8. The van der Waals surface area contributed by atoms with Crippen molar-refractivity contribution >= 4 is 46.3 Å². The van der Waals surface area contributed by atoms with Crippen LogP contribution in [0.5, 0.6) is 11.5 Å². The van der Waals surface area contributed by atoms with Crippen molar-refractivity contribution in [3.63, 3.8) is 0 Å². The zero-order chi connectivity index (χ0) is 21.0. The fraction of sp³-hybridized carbons (Fsp3) is 0.190. The molecule has 1 atom stereocenters. The molecule has 2 aromatic rings. The molecule has 8 heteroatoms. The fourth-order valence-electron chi connectivity index (χ4n) is 2.95. The predicted molar refractivity (Wildman–Crippen MR) is 116 cm³/mol. The SMILES string of the molecule is COc1ccc(/C=C2\SC(=S)N([C@@H](Cc3ccccc3)C(=O)O)C2=O)c(OC)c1. The molecule has 2 aromatic carbocycles. The Morgan fingerprint density at radius 2 is 1.93 bits per heavy atom. The summed E-state index contributed by atoms with van der Waals surface area (Å²) in [6.07, 6.45) is 1.82. The zero-order valence-corrected chi connectivity index (χ0v) is 17.5. The van der Waals surface area contributed by atoms with E-state index in [2.05, 4.69) is 0 Å². The molecular weight excluding hydrogens is 410 g/mol. The molecule has 1 saturated heterocycles. The van der Waals surface area contributed by atoms with Crippen LogP contribution in [0.4, 0.5) is 0 Å². The van der Waals surface area contributed by atoms with Crippen LogP contribution in [-0.2, 0) is 16.0 Å². The number of nitrogens with zero attached hydrogens (tertiary/aromatic N) is 1. The van der Waals surface area contributed by atoms with Crippen molar-refractivity contribution in [1.82, 2.24) is 4.90 Å². The van der Waals surface area contributed by atoms with Crippen molar-refractivity contribution < 1.29 is 24.2 Å². The molecule has 0 bridgehead atoms. The number of methoxy groups -OCH3 is 2. The van der Waals surface area contributed by atoms with Crippen LogP contribution >= 0.6 is 24.0 Å². The standard InChI is InChI=1S/C21H19NO5S2/c1-26-15-9-8-14(17(12-15)27-2)11-18-19(23)22(21(28)29-18)16(20(24)25)10-13-6-4-3-5-7-13/h3-9,11-12,16H,10H2,1-2H3,(H,24,25)/b18-11-/t16-/m0/s1. The maximum Gasteiger partial charge on any atom is 0.327 e. The molecule has 0 unspecified atom stereocenters. The highest BCUT2D eigenvalue weighted by atomic mass is 32.2. The molecule has 29 heavy (non-hydrogen) atoms. The lowest BCUT2D eigenvalue weighted by Gasteiger charge is -2.23. The molecule has 1 fully saturated rings. The molecule has 1 heterocycles. The Hall–Kier alpha value is -2.84. The van der Waals surface area contributed by atoms with Crippen molar-refractivity contribution in [3.05, 3.63) is 64.6 Å². The maximum atomic E-state index is 13.0. The van der Waals surface area contributed by atoms with Gasteiger partial charge in [0.15, 0.2) is 0 Å². The number of thioether (sulfide) groups is 1. The van der Waals surface area contributed by atoms with E-state index in [0.29, 0.717) is 22.0 Å². The van der Waals surface area contributed by atoms with E-state index in [9.17, 15) is 14.7 Å². The summed E-state index contributed by atoms with van der Waals surface area (Å²) in [6, 6.07) is 13.3. The van der Waals surface area contributed by atoms with Gasteiger partial charge in [-0.3, -0.25) is 9.69 Å².